The van der Waals surface area contributed by atoms with Gasteiger partial charge in [0.15, 0.2) is 0 Å². The Morgan fingerprint density at radius 1 is 1.35 bits per heavy atom. The fraction of sp³-hybridized carbons (Fsp3) is 0.667. The maximum atomic E-state index is 12.3. The monoisotopic (exact) mass is 320 g/mol. The average Bonchev–Trinajstić information content (AvgIpc) is 2.48. The molecule has 0 spiro atoms. The molecule has 0 aromatic carbocycles. The van der Waals surface area contributed by atoms with Crippen molar-refractivity contribution in [3.8, 4) is 5.88 Å². The van der Waals surface area contributed by atoms with E-state index in [2.05, 4.69) is 4.98 Å². The molecule has 1 saturated heterocycles. The normalized spacial score (nSPS) is 18.6. The van der Waals surface area contributed by atoms with Crippen molar-refractivity contribution < 1.29 is 14.3 Å². The number of pyridine rings is 1. The van der Waals surface area contributed by atoms with Crippen LogP contribution in [0, 0.1) is 6.92 Å². The topological polar surface area (TPSA) is 51.7 Å². The van der Waals surface area contributed by atoms with Gasteiger partial charge in [0.2, 0.25) is 5.88 Å². The molecule has 5 heteroatoms. The smallest absolute Gasteiger partial charge is 0.410 e. The number of ether oxygens (including phenoxy) is 2. The fourth-order valence-corrected chi connectivity index (χ4v) is 2.70. The number of hydrogen-bond acceptors (Lipinski definition) is 4. The summed E-state index contributed by atoms with van der Waals surface area (Å²) in [6, 6.07) is 4.04. The van der Waals surface area contributed by atoms with Gasteiger partial charge in [-0.3, -0.25) is 0 Å². The summed E-state index contributed by atoms with van der Waals surface area (Å²) in [6.07, 6.45) is 5.57. The standard InChI is InChI=1S/C18H28N2O3/c1-14-8-9-16(19-13-14)22-12-10-15-7-5-6-11-20(15)17(21)23-18(2,3)4/h8-9,13,15H,5-7,10-12H2,1-4H3. The van der Waals surface area contributed by atoms with Gasteiger partial charge in [-0.1, -0.05) is 6.07 Å². The van der Waals surface area contributed by atoms with Gasteiger partial charge < -0.3 is 14.4 Å². The third kappa shape index (κ3) is 5.73. The van der Waals surface area contributed by atoms with Crippen molar-refractivity contribution in [1.29, 1.82) is 0 Å². The summed E-state index contributed by atoms with van der Waals surface area (Å²) in [4.78, 5) is 18.4. The molecule has 5 nitrogen and oxygen atoms in total. The SMILES string of the molecule is Cc1ccc(OCCC2CCCCN2C(=O)OC(C)(C)C)nc1. The van der Waals surface area contributed by atoms with Crippen LogP contribution in [0.5, 0.6) is 5.88 Å². The molecule has 0 aliphatic carbocycles. The minimum Gasteiger partial charge on any atom is -0.478 e. The highest BCUT2D eigenvalue weighted by Crippen LogP contribution is 2.22. The Morgan fingerprint density at radius 2 is 2.13 bits per heavy atom. The maximum absolute atomic E-state index is 12.3. The minimum absolute atomic E-state index is 0.184. The third-order valence-corrected chi connectivity index (χ3v) is 3.84. The lowest BCUT2D eigenvalue weighted by molar-refractivity contribution is 0.00738. The number of amides is 1. The van der Waals surface area contributed by atoms with Crippen molar-refractivity contribution >= 4 is 6.09 Å². The van der Waals surface area contributed by atoms with Gasteiger partial charge in [-0.25, -0.2) is 9.78 Å². The molecular formula is C18H28N2O3. The van der Waals surface area contributed by atoms with Gasteiger partial charge in [0.05, 0.1) is 6.61 Å². The molecule has 1 unspecified atom stereocenters. The molecule has 1 aromatic heterocycles. The van der Waals surface area contributed by atoms with Gasteiger partial charge >= 0.3 is 6.09 Å². The zero-order valence-corrected chi connectivity index (χ0v) is 14.7. The van der Waals surface area contributed by atoms with Gasteiger partial charge in [0.25, 0.3) is 0 Å². The highest BCUT2D eigenvalue weighted by Gasteiger charge is 2.30. The van der Waals surface area contributed by atoms with E-state index in [0.29, 0.717) is 12.5 Å². The van der Waals surface area contributed by atoms with E-state index in [4.69, 9.17) is 9.47 Å². The van der Waals surface area contributed by atoms with Gasteiger partial charge in [-0.15, -0.1) is 0 Å². The summed E-state index contributed by atoms with van der Waals surface area (Å²) in [7, 11) is 0. The zero-order chi connectivity index (χ0) is 16.9. The first kappa shape index (κ1) is 17.6. The molecular weight excluding hydrogens is 292 g/mol. The van der Waals surface area contributed by atoms with Crippen molar-refractivity contribution in [3.63, 3.8) is 0 Å². The van der Waals surface area contributed by atoms with Crippen molar-refractivity contribution in [2.45, 2.75) is 65.0 Å². The van der Waals surface area contributed by atoms with Gasteiger partial charge in [0.1, 0.15) is 5.60 Å². The lowest BCUT2D eigenvalue weighted by Gasteiger charge is -2.36. The summed E-state index contributed by atoms with van der Waals surface area (Å²) in [5.41, 5.74) is 0.655. The Labute approximate surface area is 139 Å². The van der Waals surface area contributed by atoms with E-state index >= 15 is 0 Å². The number of rotatable bonds is 4. The van der Waals surface area contributed by atoms with E-state index in [0.717, 1.165) is 37.8 Å². The van der Waals surface area contributed by atoms with E-state index in [9.17, 15) is 4.79 Å². The third-order valence-electron chi connectivity index (χ3n) is 3.84. The lowest BCUT2D eigenvalue weighted by Crippen LogP contribution is -2.46. The molecule has 0 N–H and O–H groups in total. The average molecular weight is 320 g/mol. The van der Waals surface area contributed by atoms with E-state index < -0.39 is 5.60 Å². The largest absolute Gasteiger partial charge is 0.478 e. The Balaban J connectivity index is 1.86. The van der Waals surface area contributed by atoms with Crippen LogP contribution in [0.15, 0.2) is 18.3 Å². The zero-order valence-electron chi connectivity index (χ0n) is 14.7. The van der Waals surface area contributed by atoms with Gasteiger partial charge in [-0.2, -0.15) is 0 Å². The summed E-state index contributed by atoms with van der Waals surface area (Å²) < 4.78 is 11.2. The van der Waals surface area contributed by atoms with Crippen LogP contribution in [0.3, 0.4) is 0 Å². The predicted molar refractivity (Wildman–Crippen MR) is 89.7 cm³/mol. The van der Waals surface area contributed by atoms with Crippen LogP contribution in [-0.2, 0) is 4.74 Å². The molecule has 0 bridgehead atoms. The van der Waals surface area contributed by atoms with Crippen LogP contribution in [0.25, 0.3) is 0 Å². The van der Waals surface area contributed by atoms with Crippen molar-refractivity contribution in [1.82, 2.24) is 9.88 Å². The van der Waals surface area contributed by atoms with E-state index in [1.165, 1.54) is 0 Å². The number of aryl methyl sites for hydroxylation is 1. The first-order chi connectivity index (χ1) is 10.8. The van der Waals surface area contributed by atoms with Crippen LogP contribution >= 0.6 is 0 Å². The molecule has 1 aliphatic rings. The number of nitrogens with zero attached hydrogens (tertiary/aromatic N) is 2. The summed E-state index contributed by atoms with van der Waals surface area (Å²) in [5, 5.41) is 0. The highest BCUT2D eigenvalue weighted by atomic mass is 16.6. The van der Waals surface area contributed by atoms with Crippen molar-refractivity contribution in [2.24, 2.45) is 0 Å². The molecule has 128 valence electrons. The summed E-state index contributed by atoms with van der Waals surface area (Å²) in [6.45, 7) is 9.02. The molecule has 1 amide bonds. The van der Waals surface area contributed by atoms with Crippen molar-refractivity contribution in [3.05, 3.63) is 23.9 Å². The Morgan fingerprint density at radius 3 is 2.78 bits per heavy atom. The molecule has 1 atom stereocenters. The Kier molecular flexibility index (Phi) is 5.85. The summed E-state index contributed by atoms with van der Waals surface area (Å²) >= 11 is 0. The number of likely N-dealkylation sites (tertiary alicyclic amines) is 1. The summed E-state index contributed by atoms with van der Waals surface area (Å²) in [5.74, 6) is 0.634. The molecule has 2 heterocycles. The minimum atomic E-state index is -0.457. The van der Waals surface area contributed by atoms with Gasteiger partial charge in [-0.05, 0) is 52.5 Å². The Hall–Kier alpha value is -1.78. The van der Waals surface area contributed by atoms with Crippen LogP contribution in [-0.4, -0.2) is 40.8 Å². The van der Waals surface area contributed by atoms with E-state index in [-0.39, 0.29) is 12.1 Å². The van der Waals surface area contributed by atoms with E-state index in [1.807, 2.05) is 44.7 Å². The van der Waals surface area contributed by atoms with Crippen LogP contribution in [0.1, 0.15) is 52.0 Å². The molecule has 1 aliphatic heterocycles. The fourth-order valence-electron chi connectivity index (χ4n) is 2.70. The highest BCUT2D eigenvalue weighted by molar-refractivity contribution is 5.68. The first-order valence-corrected chi connectivity index (χ1v) is 8.40. The predicted octanol–water partition coefficient (Wildman–Crippen LogP) is 3.95. The second kappa shape index (κ2) is 7.66. The number of aromatic nitrogens is 1. The molecule has 0 radical (unpaired) electrons. The van der Waals surface area contributed by atoms with Gasteiger partial charge in [0, 0.05) is 31.3 Å². The number of hydrogen-bond donors (Lipinski definition) is 0. The number of piperidine rings is 1. The first-order valence-electron chi connectivity index (χ1n) is 8.40. The quantitative estimate of drug-likeness (QED) is 0.843. The molecule has 23 heavy (non-hydrogen) atoms. The van der Waals surface area contributed by atoms with Crippen LogP contribution in [0.2, 0.25) is 0 Å². The molecule has 1 aromatic rings. The van der Waals surface area contributed by atoms with Crippen LogP contribution < -0.4 is 4.74 Å². The Bertz CT molecular complexity index is 508. The lowest BCUT2D eigenvalue weighted by atomic mass is 10.0. The molecule has 0 saturated carbocycles. The molecule has 1 fully saturated rings. The van der Waals surface area contributed by atoms with E-state index in [1.54, 1.807) is 6.20 Å². The number of carbonyl (C=O) groups excluding carboxylic acids is 1. The maximum Gasteiger partial charge on any atom is 0.410 e. The van der Waals surface area contributed by atoms with Crippen molar-refractivity contribution in [2.75, 3.05) is 13.2 Å². The second-order valence-electron chi connectivity index (χ2n) is 7.13. The second-order valence-corrected chi connectivity index (χ2v) is 7.13. The van der Waals surface area contributed by atoms with Crippen LogP contribution in [0.4, 0.5) is 4.79 Å². The number of carbonyl (C=O) groups is 1. The molecule has 2 rings (SSSR count).